The molecule has 2 fully saturated rings. The summed E-state index contributed by atoms with van der Waals surface area (Å²) in [5, 5.41) is 17.5. The standard InChI is InChI=1S/C26H33N7O6S/c1-15-21(16(2)34)25(36)33(17-5-3-4-6-17)24-22(15)23(19(35)14-40(37,38)39)30-26(31-24)29-20-8-7-18(13-28-20)32-11-9-27-10-12-32/h7-8,13,17,19,27,35H,3-6,9-12,14H2,1-2H3,(H,37,38,39)(H,28,29,30,31)/t19-/m0/s1. The lowest BCUT2D eigenvalue weighted by Gasteiger charge is -2.29. The van der Waals surface area contributed by atoms with Gasteiger partial charge in [-0.3, -0.25) is 18.7 Å². The number of pyridine rings is 2. The first kappa shape index (κ1) is 28.1. The Morgan fingerprint density at radius 3 is 2.50 bits per heavy atom. The summed E-state index contributed by atoms with van der Waals surface area (Å²) in [7, 11) is -4.59. The average molecular weight is 572 g/mol. The Balaban J connectivity index is 1.66. The number of nitrogens with one attached hydrogen (secondary N) is 2. The number of aromatic nitrogens is 4. The molecule has 4 N–H and O–H groups in total. The highest BCUT2D eigenvalue weighted by Crippen LogP contribution is 2.34. The van der Waals surface area contributed by atoms with Crippen LogP contribution in [0.5, 0.6) is 0 Å². The van der Waals surface area contributed by atoms with E-state index >= 15 is 0 Å². The summed E-state index contributed by atoms with van der Waals surface area (Å²) in [4.78, 5) is 42.0. The van der Waals surface area contributed by atoms with Gasteiger partial charge in [-0.25, -0.2) is 9.97 Å². The van der Waals surface area contributed by atoms with Crippen LogP contribution >= 0.6 is 0 Å². The Morgan fingerprint density at radius 1 is 1.20 bits per heavy atom. The Kier molecular flexibility index (Phi) is 7.86. The Morgan fingerprint density at radius 2 is 1.90 bits per heavy atom. The molecule has 5 rings (SSSR count). The van der Waals surface area contributed by atoms with Crippen molar-refractivity contribution in [3.05, 3.63) is 45.5 Å². The van der Waals surface area contributed by atoms with Gasteiger partial charge in [0, 0.05) is 37.6 Å². The van der Waals surface area contributed by atoms with E-state index in [1.165, 1.54) is 11.5 Å². The fourth-order valence-electron chi connectivity index (χ4n) is 5.68. The number of aliphatic hydroxyl groups excluding tert-OH is 1. The van der Waals surface area contributed by atoms with Crippen molar-refractivity contribution < 1.29 is 22.9 Å². The molecule has 3 aromatic rings. The first-order valence-corrected chi connectivity index (χ1v) is 14.9. The zero-order chi connectivity index (χ0) is 28.6. The van der Waals surface area contributed by atoms with Crippen LogP contribution in [0.25, 0.3) is 11.0 Å². The predicted molar refractivity (Wildman–Crippen MR) is 150 cm³/mol. The third kappa shape index (κ3) is 5.70. The van der Waals surface area contributed by atoms with E-state index in [0.29, 0.717) is 18.7 Å². The SMILES string of the molecule is CC(=O)c1c(C)c2c([C@@H](O)CS(=O)(=O)O)nc(Nc3ccc(N4CCNCC4)cn3)nc2n(C2CCCC2)c1=O. The lowest BCUT2D eigenvalue weighted by atomic mass is 10.00. The molecule has 1 saturated carbocycles. The number of aryl methyl sites for hydroxylation is 1. The molecule has 14 heteroatoms. The molecule has 0 spiro atoms. The van der Waals surface area contributed by atoms with Gasteiger partial charge in [-0.15, -0.1) is 0 Å². The molecule has 1 saturated heterocycles. The zero-order valence-corrected chi connectivity index (χ0v) is 23.2. The van der Waals surface area contributed by atoms with Crippen LogP contribution in [0.4, 0.5) is 17.5 Å². The first-order chi connectivity index (χ1) is 19.0. The second-order valence-electron chi connectivity index (χ2n) is 10.3. The molecule has 1 aliphatic carbocycles. The smallest absolute Gasteiger partial charge is 0.267 e. The van der Waals surface area contributed by atoms with Gasteiger partial charge in [0.2, 0.25) is 5.95 Å². The van der Waals surface area contributed by atoms with Gasteiger partial charge in [-0.2, -0.15) is 13.4 Å². The highest BCUT2D eigenvalue weighted by Gasteiger charge is 2.30. The predicted octanol–water partition coefficient (Wildman–Crippen LogP) is 1.89. The molecule has 1 aliphatic heterocycles. The molecule has 40 heavy (non-hydrogen) atoms. The molecule has 0 aromatic carbocycles. The summed E-state index contributed by atoms with van der Waals surface area (Å²) in [5.74, 6) is -1.09. The largest absolute Gasteiger partial charge is 0.386 e. The van der Waals surface area contributed by atoms with E-state index in [1.54, 1.807) is 19.2 Å². The van der Waals surface area contributed by atoms with E-state index in [2.05, 4.69) is 30.5 Å². The highest BCUT2D eigenvalue weighted by molar-refractivity contribution is 7.85. The maximum Gasteiger partial charge on any atom is 0.267 e. The molecule has 0 radical (unpaired) electrons. The monoisotopic (exact) mass is 571 g/mol. The maximum absolute atomic E-state index is 13.6. The average Bonchev–Trinajstić information content (AvgIpc) is 3.42. The second-order valence-corrected chi connectivity index (χ2v) is 11.8. The number of Topliss-reactive ketones (excluding diaryl/α,β-unsaturated/α-hetero) is 1. The van der Waals surface area contributed by atoms with E-state index < -0.39 is 33.3 Å². The lowest BCUT2D eigenvalue weighted by Crippen LogP contribution is -2.43. The number of rotatable bonds is 8. The molecule has 1 atom stereocenters. The van der Waals surface area contributed by atoms with Crippen molar-refractivity contribution in [3.63, 3.8) is 0 Å². The summed E-state index contributed by atoms with van der Waals surface area (Å²) in [6, 6.07) is 3.44. The number of fused-ring (bicyclic) bond motifs is 1. The van der Waals surface area contributed by atoms with Crippen LogP contribution in [0.1, 0.15) is 66.4 Å². The van der Waals surface area contributed by atoms with Crippen LogP contribution in [0.15, 0.2) is 23.1 Å². The zero-order valence-electron chi connectivity index (χ0n) is 22.4. The van der Waals surface area contributed by atoms with Crippen molar-refractivity contribution in [2.45, 2.75) is 51.7 Å². The third-order valence-corrected chi connectivity index (χ3v) is 8.26. The van der Waals surface area contributed by atoms with Gasteiger partial charge in [0.1, 0.15) is 23.3 Å². The molecule has 3 aromatic heterocycles. The van der Waals surface area contributed by atoms with E-state index in [-0.39, 0.29) is 39.8 Å². The van der Waals surface area contributed by atoms with Crippen LogP contribution in [0.3, 0.4) is 0 Å². The first-order valence-electron chi connectivity index (χ1n) is 13.3. The minimum atomic E-state index is -4.59. The molecule has 214 valence electrons. The fourth-order valence-corrected chi connectivity index (χ4v) is 6.23. The van der Waals surface area contributed by atoms with Crippen LogP contribution < -0.4 is 21.1 Å². The van der Waals surface area contributed by atoms with E-state index in [4.69, 9.17) is 0 Å². The molecule has 0 bridgehead atoms. The van der Waals surface area contributed by atoms with Gasteiger partial charge in [0.15, 0.2) is 5.78 Å². The molecule has 0 unspecified atom stereocenters. The van der Waals surface area contributed by atoms with E-state index in [9.17, 15) is 27.7 Å². The molecule has 0 amide bonds. The minimum absolute atomic E-state index is 0.0135. The van der Waals surface area contributed by atoms with Crippen molar-refractivity contribution in [2.24, 2.45) is 0 Å². The van der Waals surface area contributed by atoms with Gasteiger partial charge in [-0.1, -0.05) is 12.8 Å². The lowest BCUT2D eigenvalue weighted by molar-refractivity contribution is 0.101. The normalized spacial score (nSPS) is 17.4. The van der Waals surface area contributed by atoms with Gasteiger partial charge >= 0.3 is 0 Å². The van der Waals surface area contributed by atoms with Crippen LogP contribution in [-0.2, 0) is 10.1 Å². The number of ketones is 1. The minimum Gasteiger partial charge on any atom is -0.386 e. The summed E-state index contributed by atoms with van der Waals surface area (Å²) >= 11 is 0. The quantitative estimate of drug-likeness (QED) is 0.228. The van der Waals surface area contributed by atoms with Gasteiger partial charge < -0.3 is 20.6 Å². The topological polar surface area (TPSA) is 180 Å². The molecule has 2 aliphatic rings. The number of nitrogens with zero attached hydrogens (tertiary/aromatic N) is 5. The number of anilines is 3. The van der Waals surface area contributed by atoms with Crippen molar-refractivity contribution in [2.75, 3.05) is 42.1 Å². The Labute approximate surface area is 231 Å². The molecule has 13 nitrogen and oxygen atoms in total. The number of hydrogen-bond acceptors (Lipinski definition) is 11. The fraction of sp³-hybridized carbons (Fsp3) is 0.500. The maximum atomic E-state index is 13.6. The van der Waals surface area contributed by atoms with E-state index in [0.717, 1.165) is 44.7 Å². The van der Waals surface area contributed by atoms with Crippen LogP contribution in [0.2, 0.25) is 0 Å². The second kappa shape index (κ2) is 11.2. The summed E-state index contributed by atoms with van der Waals surface area (Å²) in [5.41, 5.74) is 0.722. The number of hydrogen-bond donors (Lipinski definition) is 4. The van der Waals surface area contributed by atoms with Crippen molar-refractivity contribution >= 4 is 44.4 Å². The number of carbonyl (C=O) groups is 1. The summed E-state index contributed by atoms with van der Waals surface area (Å²) in [6.07, 6.45) is 3.19. The van der Waals surface area contributed by atoms with Crippen LogP contribution in [0, 0.1) is 6.92 Å². The van der Waals surface area contributed by atoms with Gasteiger partial charge in [-0.05, 0) is 44.4 Å². The Hall–Kier alpha value is -3.46. The van der Waals surface area contributed by atoms with E-state index in [1.807, 2.05) is 6.07 Å². The van der Waals surface area contributed by atoms with Crippen molar-refractivity contribution in [1.82, 2.24) is 24.8 Å². The summed E-state index contributed by atoms with van der Waals surface area (Å²) < 4.78 is 34.3. The van der Waals surface area contributed by atoms with Crippen LogP contribution in [-0.4, -0.2) is 75.3 Å². The number of piperazine rings is 1. The van der Waals surface area contributed by atoms with Gasteiger partial charge in [0.25, 0.3) is 15.7 Å². The summed E-state index contributed by atoms with van der Waals surface area (Å²) in [6.45, 7) is 6.32. The van der Waals surface area contributed by atoms with Crippen molar-refractivity contribution in [3.8, 4) is 0 Å². The Bertz CT molecular complexity index is 1590. The third-order valence-electron chi connectivity index (χ3n) is 7.52. The van der Waals surface area contributed by atoms with Crippen molar-refractivity contribution in [1.29, 1.82) is 0 Å². The van der Waals surface area contributed by atoms with Gasteiger partial charge in [0.05, 0.1) is 23.1 Å². The number of aliphatic hydroxyl groups is 1. The molecular formula is C26H33N7O6S. The molecule has 4 heterocycles. The highest BCUT2D eigenvalue weighted by atomic mass is 32.2. The number of carbonyl (C=O) groups excluding carboxylic acids is 1. The molecular weight excluding hydrogens is 538 g/mol.